The third-order valence-electron chi connectivity index (χ3n) is 5.32. The van der Waals surface area contributed by atoms with Gasteiger partial charge in [-0.05, 0) is 56.4 Å². The standard InChI is InChI=1S/C26H28FN3O3/c1-19-9-14-23(31)30(17-19)24(25(32)21-10-12-22(27)13-11-21)26(33)29(16-15-28(2)3)18-20-7-5-4-6-8-20/h4-14,17,24H,15-16,18H2,1-3H3/t24-/m0/s1. The van der Waals surface area contributed by atoms with Crippen molar-refractivity contribution in [3.8, 4) is 0 Å². The van der Waals surface area contributed by atoms with Gasteiger partial charge in [0.15, 0.2) is 11.8 Å². The first-order valence-corrected chi connectivity index (χ1v) is 10.7. The van der Waals surface area contributed by atoms with Gasteiger partial charge in [0.1, 0.15) is 5.82 Å². The first-order valence-electron chi connectivity index (χ1n) is 10.7. The fourth-order valence-corrected chi connectivity index (χ4v) is 3.51. The molecule has 3 rings (SSSR count). The molecule has 7 heteroatoms. The summed E-state index contributed by atoms with van der Waals surface area (Å²) in [4.78, 5) is 43.6. The van der Waals surface area contributed by atoms with Crippen LogP contribution < -0.4 is 5.56 Å². The number of amides is 1. The summed E-state index contributed by atoms with van der Waals surface area (Å²) >= 11 is 0. The number of aromatic nitrogens is 1. The highest BCUT2D eigenvalue weighted by atomic mass is 19.1. The molecule has 0 aliphatic rings. The Balaban J connectivity index is 2.06. The number of hydrogen-bond donors (Lipinski definition) is 0. The molecule has 0 fully saturated rings. The molecule has 1 atom stereocenters. The van der Waals surface area contributed by atoms with Crippen LogP contribution in [0.15, 0.2) is 77.7 Å². The first-order chi connectivity index (χ1) is 15.8. The van der Waals surface area contributed by atoms with E-state index in [1.54, 1.807) is 17.9 Å². The maximum Gasteiger partial charge on any atom is 0.254 e. The average molecular weight is 450 g/mol. The van der Waals surface area contributed by atoms with E-state index in [4.69, 9.17) is 0 Å². The van der Waals surface area contributed by atoms with Gasteiger partial charge in [0.25, 0.3) is 11.5 Å². The molecule has 1 aromatic heterocycles. The molecular weight excluding hydrogens is 421 g/mol. The van der Waals surface area contributed by atoms with Gasteiger partial charge in [-0.25, -0.2) is 4.39 Å². The number of carbonyl (C=O) groups excluding carboxylic acids is 2. The number of nitrogens with zero attached hydrogens (tertiary/aromatic N) is 3. The molecule has 6 nitrogen and oxygen atoms in total. The number of hydrogen-bond acceptors (Lipinski definition) is 4. The van der Waals surface area contributed by atoms with E-state index in [2.05, 4.69) is 0 Å². The fraction of sp³-hybridized carbons (Fsp3) is 0.269. The summed E-state index contributed by atoms with van der Waals surface area (Å²) in [6, 6.07) is 16.1. The van der Waals surface area contributed by atoms with Crippen LogP contribution in [0, 0.1) is 12.7 Å². The Labute approximate surface area is 192 Å². The molecule has 0 unspecified atom stereocenters. The Bertz CT molecular complexity index is 1160. The predicted octanol–water partition coefficient (Wildman–Crippen LogP) is 3.31. The summed E-state index contributed by atoms with van der Waals surface area (Å²) in [6.45, 7) is 3.03. The Kier molecular flexibility index (Phi) is 7.90. The van der Waals surface area contributed by atoms with Gasteiger partial charge in [-0.3, -0.25) is 19.0 Å². The lowest BCUT2D eigenvalue weighted by molar-refractivity contribution is -0.134. The lowest BCUT2D eigenvalue weighted by Crippen LogP contribution is -2.45. The minimum atomic E-state index is -1.39. The zero-order valence-corrected chi connectivity index (χ0v) is 19.1. The van der Waals surface area contributed by atoms with E-state index < -0.39 is 29.1 Å². The SMILES string of the molecule is Cc1ccc(=O)n([C@@H](C(=O)c2ccc(F)cc2)C(=O)N(CCN(C)C)Cc2ccccc2)c1. The molecular formula is C26H28FN3O3. The van der Waals surface area contributed by atoms with Crippen molar-refractivity contribution in [1.29, 1.82) is 0 Å². The van der Waals surface area contributed by atoms with Gasteiger partial charge in [0.05, 0.1) is 0 Å². The van der Waals surface area contributed by atoms with Gasteiger partial charge in [0, 0.05) is 37.5 Å². The maximum absolute atomic E-state index is 13.9. The minimum absolute atomic E-state index is 0.162. The molecule has 0 aliphatic heterocycles. The van der Waals surface area contributed by atoms with Crippen LogP contribution in [0.1, 0.15) is 27.5 Å². The van der Waals surface area contributed by atoms with E-state index in [0.717, 1.165) is 11.1 Å². The number of ketones is 1. The maximum atomic E-state index is 13.9. The molecule has 0 N–H and O–H groups in total. The highest BCUT2D eigenvalue weighted by Gasteiger charge is 2.34. The lowest BCUT2D eigenvalue weighted by Gasteiger charge is -2.29. The third-order valence-corrected chi connectivity index (χ3v) is 5.32. The third kappa shape index (κ3) is 6.23. The van der Waals surface area contributed by atoms with Crippen LogP contribution in [0.4, 0.5) is 4.39 Å². The number of Topliss-reactive ketones (excluding diaryl/α,β-unsaturated/α-hetero) is 1. The number of pyridine rings is 1. The number of carbonyl (C=O) groups is 2. The van der Waals surface area contributed by atoms with Crippen LogP contribution >= 0.6 is 0 Å². The van der Waals surface area contributed by atoms with Crippen molar-refractivity contribution >= 4 is 11.7 Å². The molecule has 172 valence electrons. The number of halogens is 1. The van der Waals surface area contributed by atoms with Crippen molar-refractivity contribution in [1.82, 2.24) is 14.4 Å². The van der Waals surface area contributed by atoms with Gasteiger partial charge in [-0.1, -0.05) is 36.4 Å². The Morgan fingerprint density at radius 3 is 2.24 bits per heavy atom. The fourth-order valence-electron chi connectivity index (χ4n) is 3.51. The van der Waals surface area contributed by atoms with Crippen molar-refractivity contribution < 1.29 is 14.0 Å². The van der Waals surface area contributed by atoms with Crippen molar-refractivity contribution in [2.75, 3.05) is 27.2 Å². The molecule has 2 aromatic carbocycles. The predicted molar refractivity (Wildman–Crippen MR) is 126 cm³/mol. The second-order valence-electron chi connectivity index (χ2n) is 8.27. The summed E-state index contributed by atoms with van der Waals surface area (Å²) < 4.78 is 14.6. The summed E-state index contributed by atoms with van der Waals surface area (Å²) in [5, 5.41) is 0. The summed E-state index contributed by atoms with van der Waals surface area (Å²) in [7, 11) is 3.80. The zero-order chi connectivity index (χ0) is 24.0. The lowest BCUT2D eigenvalue weighted by atomic mass is 10.0. The molecule has 0 bridgehead atoms. The molecule has 0 saturated heterocycles. The van der Waals surface area contributed by atoms with Gasteiger partial charge < -0.3 is 9.80 Å². The number of likely N-dealkylation sites (N-methyl/N-ethyl adjacent to an activating group) is 1. The van der Waals surface area contributed by atoms with Crippen LogP contribution in [0.25, 0.3) is 0 Å². The topological polar surface area (TPSA) is 62.6 Å². The van der Waals surface area contributed by atoms with Gasteiger partial charge in [0.2, 0.25) is 0 Å². The number of rotatable bonds is 9. The molecule has 0 radical (unpaired) electrons. The van der Waals surface area contributed by atoms with Crippen LogP contribution in [0.5, 0.6) is 0 Å². The smallest absolute Gasteiger partial charge is 0.254 e. The van der Waals surface area contributed by atoms with E-state index in [0.29, 0.717) is 19.6 Å². The molecule has 0 spiro atoms. The van der Waals surface area contributed by atoms with Crippen molar-refractivity contribution in [3.63, 3.8) is 0 Å². The summed E-state index contributed by atoms with van der Waals surface area (Å²) in [6.07, 6.45) is 1.51. The average Bonchev–Trinajstić information content (AvgIpc) is 2.80. The zero-order valence-electron chi connectivity index (χ0n) is 19.1. The molecule has 1 heterocycles. The van der Waals surface area contributed by atoms with Crippen LogP contribution in [-0.2, 0) is 11.3 Å². The second-order valence-corrected chi connectivity index (χ2v) is 8.27. The molecule has 33 heavy (non-hydrogen) atoms. The van der Waals surface area contributed by atoms with E-state index >= 15 is 0 Å². The van der Waals surface area contributed by atoms with Crippen LogP contribution in [0.2, 0.25) is 0 Å². The highest BCUT2D eigenvalue weighted by Crippen LogP contribution is 2.19. The van der Waals surface area contributed by atoms with Crippen LogP contribution in [-0.4, -0.2) is 53.2 Å². The highest BCUT2D eigenvalue weighted by molar-refractivity contribution is 6.11. The van der Waals surface area contributed by atoms with Crippen LogP contribution in [0.3, 0.4) is 0 Å². The van der Waals surface area contributed by atoms with Gasteiger partial charge in [-0.15, -0.1) is 0 Å². The Morgan fingerprint density at radius 1 is 0.939 bits per heavy atom. The molecule has 3 aromatic rings. The normalized spacial score (nSPS) is 11.9. The van der Waals surface area contributed by atoms with E-state index in [-0.39, 0.29) is 5.56 Å². The van der Waals surface area contributed by atoms with Gasteiger partial charge in [-0.2, -0.15) is 0 Å². The van der Waals surface area contributed by atoms with Crippen molar-refractivity contribution in [3.05, 3.63) is 106 Å². The van der Waals surface area contributed by atoms with Crippen molar-refractivity contribution in [2.45, 2.75) is 19.5 Å². The first kappa shape index (κ1) is 24.1. The molecule has 0 saturated carbocycles. The largest absolute Gasteiger partial charge is 0.335 e. The molecule has 1 amide bonds. The van der Waals surface area contributed by atoms with Crippen molar-refractivity contribution in [2.24, 2.45) is 0 Å². The summed E-state index contributed by atoms with van der Waals surface area (Å²) in [5.41, 5.74) is 1.36. The Morgan fingerprint density at radius 2 is 1.61 bits per heavy atom. The Hall–Kier alpha value is -3.58. The van der Waals surface area contributed by atoms with E-state index in [9.17, 15) is 18.8 Å². The number of benzene rings is 2. The molecule has 0 aliphatic carbocycles. The van der Waals surface area contributed by atoms with Gasteiger partial charge >= 0.3 is 0 Å². The number of aryl methyl sites for hydroxylation is 1. The van der Waals surface area contributed by atoms with E-state index in [1.165, 1.54) is 41.1 Å². The quantitative estimate of drug-likeness (QED) is 0.372. The minimum Gasteiger partial charge on any atom is -0.335 e. The second kappa shape index (κ2) is 10.8. The monoisotopic (exact) mass is 449 g/mol. The summed E-state index contributed by atoms with van der Waals surface area (Å²) in [5.74, 6) is -1.53. The van der Waals surface area contributed by atoms with E-state index in [1.807, 2.05) is 49.3 Å².